The lowest BCUT2D eigenvalue weighted by Crippen LogP contribution is -2.48. The van der Waals surface area contributed by atoms with Gasteiger partial charge in [-0.25, -0.2) is 4.98 Å². The molecule has 29 heavy (non-hydrogen) atoms. The topological polar surface area (TPSA) is 41.4 Å². The molecule has 1 fully saturated rings. The summed E-state index contributed by atoms with van der Waals surface area (Å²) in [6.45, 7) is 5.36. The molecule has 2 heterocycles. The highest BCUT2D eigenvalue weighted by molar-refractivity contribution is 7.98. The average molecular weight is 407 g/mol. The second-order valence-corrected chi connectivity index (χ2v) is 8.37. The Hall–Kier alpha value is -2.73. The van der Waals surface area contributed by atoms with Crippen LogP contribution in [0.25, 0.3) is 0 Å². The molecule has 0 bridgehead atoms. The summed E-state index contributed by atoms with van der Waals surface area (Å²) in [5.74, 6) is 0.964. The van der Waals surface area contributed by atoms with Crippen molar-refractivity contribution in [1.82, 2.24) is 14.5 Å². The largest absolute Gasteiger partial charge is 0.368 e. The number of rotatable bonds is 5. The van der Waals surface area contributed by atoms with E-state index in [2.05, 4.69) is 41.1 Å². The van der Waals surface area contributed by atoms with Crippen LogP contribution in [0.5, 0.6) is 0 Å². The summed E-state index contributed by atoms with van der Waals surface area (Å²) in [7, 11) is 2.00. The van der Waals surface area contributed by atoms with Crippen molar-refractivity contribution in [3.8, 4) is 0 Å². The van der Waals surface area contributed by atoms with E-state index >= 15 is 0 Å². The van der Waals surface area contributed by atoms with Gasteiger partial charge in [0.1, 0.15) is 0 Å². The van der Waals surface area contributed by atoms with E-state index in [1.54, 1.807) is 11.8 Å². The maximum absolute atomic E-state index is 12.9. The van der Waals surface area contributed by atoms with Crippen molar-refractivity contribution in [3.05, 3.63) is 77.6 Å². The second-order valence-electron chi connectivity index (χ2n) is 7.42. The molecule has 3 aromatic rings. The van der Waals surface area contributed by atoms with Crippen LogP contribution in [-0.4, -0.2) is 46.5 Å². The zero-order valence-corrected chi connectivity index (χ0v) is 17.7. The van der Waals surface area contributed by atoms with Gasteiger partial charge in [0, 0.05) is 62.6 Å². The van der Waals surface area contributed by atoms with Gasteiger partial charge in [0.15, 0.2) is 5.16 Å². The van der Waals surface area contributed by atoms with Crippen LogP contribution in [-0.2, 0) is 12.8 Å². The van der Waals surface area contributed by atoms with Gasteiger partial charge < -0.3 is 14.4 Å². The molecule has 1 saturated heterocycles. The third kappa shape index (κ3) is 4.65. The number of amides is 1. The van der Waals surface area contributed by atoms with Crippen molar-refractivity contribution in [2.75, 3.05) is 31.1 Å². The maximum atomic E-state index is 12.9. The normalized spacial score (nSPS) is 14.3. The first-order valence-electron chi connectivity index (χ1n) is 9.90. The van der Waals surface area contributed by atoms with Crippen LogP contribution in [0.4, 0.5) is 5.69 Å². The van der Waals surface area contributed by atoms with Crippen molar-refractivity contribution in [2.45, 2.75) is 17.8 Å². The Kier molecular flexibility index (Phi) is 5.90. The van der Waals surface area contributed by atoms with Crippen molar-refractivity contribution in [2.24, 2.45) is 7.05 Å². The fourth-order valence-corrected chi connectivity index (χ4v) is 4.45. The van der Waals surface area contributed by atoms with Crippen LogP contribution in [0.3, 0.4) is 0 Å². The summed E-state index contributed by atoms with van der Waals surface area (Å²) in [4.78, 5) is 21.5. The van der Waals surface area contributed by atoms with E-state index in [0.29, 0.717) is 0 Å². The number of piperazine rings is 1. The Morgan fingerprint density at radius 1 is 1.07 bits per heavy atom. The maximum Gasteiger partial charge on any atom is 0.253 e. The molecule has 5 nitrogen and oxygen atoms in total. The number of benzene rings is 2. The third-order valence-electron chi connectivity index (χ3n) is 5.28. The molecule has 150 valence electrons. The quantitative estimate of drug-likeness (QED) is 0.601. The zero-order valence-electron chi connectivity index (χ0n) is 16.9. The van der Waals surface area contributed by atoms with E-state index in [1.165, 1.54) is 16.8 Å². The molecule has 0 aliphatic carbocycles. The average Bonchev–Trinajstić information content (AvgIpc) is 3.17. The van der Waals surface area contributed by atoms with E-state index in [9.17, 15) is 4.79 Å². The smallest absolute Gasteiger partial charge is 0.253 e. The number of carbonyl (C=O) groups excluding carboxylic acids is 1. The monoisotopic (exact) mass is 406 g/mol. The van der Waals surface area contributed by atoms with E-state index in [0.717, 1.165) is 42.7 Å². The van der Waals surface area contributed by atoms with Gasteiger partial charge in [0.05, 0.1) is 0 Å². The van der Waals surface area contributed by atoms with Crippen LogP contribution in [0, 0.1) is 6.92 Å². The molecular formula is C23H26N4OS. The zero-order chi connectivity index (χ0) is 20.2. The Bertz CT molecular complexity index is 975. The Labute approximate surface area is 176 Å². The highest BCUT2D eigenvalue weighted by Gasteiger charge is 2.22. The van der Waals surface area contributed by atoms with Crippen LogP contribution in [0.1, 0.15) is 21.5 Å². The summed E-state index contributed by atoms with van der Waals surface area (Å²) in [5, 5.41) is 0.997. The lowest BCUT2D eigenvalue weighted by molar-refractivity contribution is 0.0747. The van der Waals surface area contributed by atoms with Gasteiger partial charge in [-0.3, -0.25) is 4.79 Å². The predicted molar refractivity (Wildman–Crippen MR) is 119 cm³/mol. The van der Waals surface area contributed by atoms with Crippen LogP contribution in [0.2, 0.25) is 0 Å². The molecule has 1 aliphatic rings. The highest BCUT2D eigenvalue weighted by atomic mass is 32.2. The minimum Gasteiger partial charge on any atom is -0.368 e. The Morgan fingerprint density at radius 2 is 1.83 bits per heavy atom. The van der Waals surface area contributed by atoms with Gasteiger partial charge in [0.25, 0.3) is 5.91 Å². The third-order valence-corrected chi connectivity index (χ3v) is 6.41. The van der Waals surface area contributed by atoms with Crippen molar-refractivity contribution < 1.29 is 4.79 Å². The summed E-state index contributed by atoms with van der Waals surface area (Å²) >= 11 is 1.70. The Balaban J connectivity index is 1.32. The van der Waals surface area contributed by atoms with Crippen molar-refractivity contribution >= 4 is 23.4 Å². The number of nitrogens with zero attached hydrogens (tertiary/aromatic N) is 4. The molecule has 1 aromatic heterocycles. The van der Waals surface area contributed by atoms with Gasteiger partial charge in [-0.2, -0.15) is 0 Å². The number of aromatic nitrogens is 2. The molecule has 0 atom stereocenters. The molecule has 0 unspecified atom stereocenters. The van der Waals surface area contributed by atoms with Crippen molar-refractivity contribution in [1.29, 1.82) is 0 Å². The fourth-order valence-electron chi connectivity index (χ4n) is 3.56. The van der Waals surface area contributed by atoms with Crippen LogP contribution < -0.4 is 4.90 Å². The molecular weight excluding hydrogens is 380 g/mol. The van der Waals surface area contributed by atoms with Gasteiger partial charge in [0.2, 0.25) is 0 Å². The van der Waals surface area contributed by atoms with E-state index in [4.69, 9.17) is 0 Å². The minimum atomic E-state index is 0.122. The number of hydrogen-bond donors (Lipinski definition) is 0. The second kappa shape index (κ2) is 8.74. The summed E-state index contributed by atoms with van der Waals surface area (Å²) in [5.41, 5.74) is 4.47. The number of thioether (sulfide) groups is 1. The van der Waals surface area contributed by atoms with E-state index in [1.807, 2.05) is 53.2 Å². The van der Waals surface area contributed by atoms with E-state index < -0.39 is 0 Å². The lowest BCUT2D eigenvalue weighted by Gasteiger charge is -2.36. The summed E-state index contributed by atoms with van der Waals surface area (Å²) in [6, 6.07) is 16.6. The standard InChI is InChI=1S/C23H26N4OS/c1-18-4-3-5-21(16-18)26-12-14-27(15-13-26)22(28)20-8-6-19(7-9-20)17-29-23-24-10-11-25(23)2/h3-11,16H,12-15,17H2,1-2H3. The summed E-state index contributed by atoms with van der Waals surface area (Å²) < 4.78 is 2.01. The Morgan fingerprint density at radius 3 is 2.48 bits per heavy atom. The predicted octanol–water partition coefficient (Wildman–Crippen LogP) is 3.98. The SMILES string of the molecule is Cc1cccc(N2CCN(C(=O)c3ccc(CSc4nccn4C)cc3)CC2)c1. The fraction of sp³-hybridized carbons (Fsp3) is 0.304. The first-order valence-corrected chi connectivity index (χ1v) is 10.9. The van der Waals surface area contributed by atoms with Gasteiger partial charge in [-0.15, -0.1) is 0 Å². The number of hydrogen-bond acceptors (Lipinski definition) is 4. The molecule has 0 spiro atoms. The summed E-state index contributed by atoms with van der Waals surface area (Å²) in [6.07, 6.45) is 3.76. The van der Waals surface area contributed by atoms with Gasteiger partial charge in [-0.1, -0.05) is 36.0 Å². The molecule has 4 rings (SSSR count). The number of carbonyl (C=O) groups is 1. The first kappa shape index (κ1) is 19.6. The molecule has 6 heteroatoms. The minimum absolute atomic E-state index is 0.122. The molecule has 0 N–H and O–H groups in total. The van der Waals surface area contributed by atoms with Crippen LogP contribution in [0.15, 0.2) is 66.1 Å². The molecule has 0 saturated carbocycles. The van der Waals surface area contributed by atoms with Crippen molar-refractivity contribution in [3.63, 3.8) is 0 Å². The van der Waals surface area contributed by atoms with Crippen LogP contribution >= 0.6 is 11.8 Å². The number of aryl methyl sites for hydroxylation is 2. The molecule has 1 aliphatic heterocycles. The number of imidazole rings is 1. The van der Waals surface area contributed by atoms with E-state index in [-0.39, 0.29) is 5.91 Å². The number of anilines is 1. The first-order chi connectivity index (χ1) is 14.1. The lowest BCUT2D eigenvalue weighted by atomic mass is 10.1. The molecule has 2 aromatic carbocycles. The van der Waals surface area contributed by atoms with Gasteiger partial charge >= 0.3 is 0 Å². The molecule has 0 radical (unpaired) electrons. The highest BCUT2D eigenvalue weighted by Crippen LogP contribution is 2.22. The van der Waals surface area contributed by atoms with Gasteiger partial charge in [-0.05, 0) is 42.3 Å². The molecule has 1 amide bonds.